The molecule has 0 radical (unpaired) electrons. The summed E-state index contributed by atoms with van der Waals surface area (Å²) in [6.07, 6.45) is 2.70. The fourth-order valence-corrected chi connectivity index (χ4v) is 3.34. The largest absolute Gasteiger partial charge is 0.350 e. The number of carbonyl (C=O) groups excluding carboxylic acids is 2. The summed E-state index contributed by atoms with van der Waals surface area (Å²) >= 11 is 0. The third-order valence-corrected chi connectivity index (χ3v) is 4.61. The Balaban J connectivity index is 1.74. The number of rotatable bonds is 2. The van der Waals surface area contributed by atoms with Crippen LogP contribution in [0.25, 0.3) is 10.9 Å². The van der Waals surface area contributed by atoms with Crippen molar-refractivity contribution in [1.29, 1.82) is 0 Å². The second kappa shape index (κ2) is 7.17. The Kier molecular flexibility index (Phi) is 4.97. The minimum absolute atomic E-state index is 0.0444. The average molecular weight is 342 g/mol. The van der Waals surface area contributed by atoms with E-state index < -0.39 is 0 Å². The van der Waals surface area contributed by atoms with Gasteiger partial charge in [-0.2, -0.15) is 0 Å². The van der Waals surface area contributed by atoms with Crippen LogP contribution in [0.4, 0.5) is 4.79 Å². The van der Waals surface area contributed by atoms with Gasteiger partial charge in [0.05, 0.1) is 5.56 Å². The van der Waals surface area contributed by atoms with Crippen molar-refractivity contribution in [1.82, 2.24) is 19.7 Å². The first-order chi connectivity index (χ1) is 12.0. The van der Waals surface area contributed by atoms with E-state index in [1.807, 2.05) is 60.8 Å². The number of urea groups is 1. The molecule has 6 heteroatoms. The third kappa shape index (κ3) is 3.62. The van der Waals surface area contributed by atoms with Crippen LogP contribution in [0.15, 0.2) is 30.5 Å². The molecule has 1 fully saturated rings. The predicted molar refractivity (Wildman–Crippen MR) is 98.7 cm³/mol. The van der Waals surface area contributed by atoms with Gasteiger partial charge in [0.15, 0.2) is 0 Å². The molecule has 6 nitrogen and oxygen atoms in total. The van der Waals surface area contributed by atoms with E-state index in [0.717, 1.165) is 22.9 Å². The number of aromatic nitrogens is 1. The molecule has 2 heterocycles. The zero-order chi connectivity index (χ0) is 18.0. The molecule has 3 amide bonds. The number of nitrogens with one attached hydrogen (secondary N) is 1. The first-order valence-electron chi connectivity index (χ1n) is 8.86. The van der Waals surface area contributed by atoms with Crippen molar-refractivity contribution in [2.75, 3.05) is 26.2 Å². The maximum atomic E-state index is 13.0. The summed E-state index contributed by atoms with van der Waals surface area (Å²) in [6.45, 7) is 6.38. The smallest absolute Gasteiger partial charge is 0.317 e. The topological polar surface area (TPSA) is 57.6 Å². The lowest BCUT2D eigenvalue weighted by Crippen LogP contribution is -2.44. The van der Waals surface area contributed by atoms with Gasteiger partial charge in [0.25, 0.3) is 5.91 Å². The van der Waals surface area contributed by atoms with Gasteiger partial charge in [0.2, 0.25) is 0 Å². The van der Waals surface area contributed by atoms with Gasteiger partial charge in [-0.3, -0.25) is 4.79 Å². The molecule has 0 unspecified atom stereocenters. The van der Waals surface area contributed by atoms with Gasteiger partial charge < -0.3 is 19.7 Å². The Hall–Kier alpha value is -2.50. The molecular formula is C19H26N4O2. The van der Waals surface area contributed by atoms with Crippen LogP contribution in [0.5, 0.6) is 0 Å². The Bertz CT molecular complexity index is 781. The van der Waals surface area contributed by atoms with E-state index in [2.05, 4.69) is 5.32 Å². The number of benzene rings is 1. The van der Waals surface area contributed by atoms with Crippen LogP contribution in [-0.2, 0) is 7.05 Å². The van der Waals surface area contributed by atoms with Crippen molar-refractivity contribution in [3.8, 4) is 0 Å². The maximum absolute atomic E-state index is 13.0. The van der Waals surface area contributed by atoms with E-state index in [0.29, 0.717) is 26.2 Å². The van der Waals surface area contributed by atoms with Gasteiger partial charge in [0, 0.05) is 56.4 Å². The average Bonchev–Trinajstić information content (AvgIpc) is 2.76. The number of amides is 3. The normalized spacial score (nSPS) is 15.5. The van der Waals surface area contributed by atoms with Gasteiger partial charge in [-0.1, -0.05) is 18.2 Å². The standard InChI is InChI=1S/C19H26N4O2/c1-14(2)20-19(25)23-10-6-9-22(11-12-23)18(24)16-13-21(3)17-8-5-4-7-15(16)17/h4-5,7-8,13-14H,6,9-12H2,1-3H3,(H,20,25). The quantitative estimate of drug-likeness (QED) is 0.911. The van der Waals surface area contributed by atoms with Gasteiger partial charge in [-0.25, -0.2) is 4.79 Å². The second-order valence-electron chi connectivity index (χ2n) is 6.91. The second-order valence-corrected chi connectivity index (χ2v) is 6.91. The van der Waals surface area contributed by atoms with E-state index in [1.165, 1.54) is 0 Å². The highest BCUT2D eigenvalue weighted by atomic mass is 16.2. The van der Waals surface area contributed by atoms with Crippen LogP contribution < -0.4 is 5.32 Å². The minimum atomic E-state index is -0.0468. The van der Waals surface area contributed by atoms with E-state index >= 15 is 0 Å². The van der Waals surface area contributed by atoms with Crippen molar-refractivity contribution < 1.29 is 9.59 Å². The van der Waals surface area contributed by atoms with Crippen molar-refractivity contribution in [2.45, 2.75) is 26.3 Å². The lowest BCUT2D eigenvalue weighted by molar-refractivity contribution is 0.0764. The molecular weight excluding hydrogens is 316 g/mol. The molecule has 1 aromatic carbocycles. The van der Waals surface area contributed by atoms with Crippen LogP contribution in [0.1, 0.15) is 30.6 Å². The highest BCUT2D eigenvalue weighted by Gasteiger charge is 2.24. The molecule has 1 N–H and O–H groups in total. The minimum Gasteiger partial charge on any atom is -0.350 e. The summed E-state index contributed by atoms with van der Waals surface area (Å²) in [7, 11) is 1.96. The van der Waals surface area contributed by atoms with Crippen molar-refractivity contribution >= 4 is 22.8 Å². The third-order valence-electron chi connectivity index (χ3n) is 4.61. The number of hydrogen-bond donors (Lipinski definition) is 1. The summed E-state index contributed by atoms with van der Waals surface area (Å²) in [6, 6.07) is 8.02. The van der Waals surface area contributed by atoms with Crippen LogP contribution >= 0.6 is 0 Å². The lowest BCUT2D eigenvalue weighted by atomic mass is 10.1. The molecule has 0 aliphatic carbocycles. The van der Waals surface area contributed by atoms with Crippen molar-refractivity contribution in [3.63, 3.8) is 0 Å². The van der Waals surface area contributed by atoms with Crippen LogP contribution in [-0.4, -0.2) is 58.5 Å². The number of carbonyl (C=O) groups is 2. The maximum Gasteiger partial charge on any atom is 0.317 e. The SMILES string of the molecule is CC(C)NC(=O)N1CCCN(C(=O)c2cn(C)c3ccccc23)CC1. The molecule has 2 aromatic rings. The Morgan fingerprint density at radius 3 is 2.48 bits per heavy atom. The Labute approximate surface area is 148 Å². The molecule has 25 heavy (non-hydrogen) atoms. The lowest BCUT2D eigenvalue weighted by Gasteiger charge is -2.23. The number of para-hydroxylation sites is 1. The van der Waals surface area contributed by atoms with Crippen molar-refractivity contribution in [2.24, 2.45) is 7.05 Å². The number of fused-ring (bicyclic) bond motifs is 1. The van der Waals surface area contributed by atoms with E-state index in [9.17, 15) is 9.59 Å². The monoisotopic (exact) mass is 342 g/mol. The van der Waals surface area contributed by atoms with Gasteiger partial charge in [-0.05, 0) is 26.3 Å². The highest BCUT2D eigenvalue weighted by molar-refractivity contribution is 6.07. The first-order valence-corrected chi connectivity index (χ1v) is 8.86. The molecule has 1 aliphatic rings. The Morgan fingerprint density at radius 1 is 1.04 bits per heavy atom. The summed E-state index contributed by atoms with van der Waals surface area (Å²) in [5.74, 6) is 0.0444. The predicted octanol–water partition coefficient (Wildman–Crippen LogP) is 2.44. The zero-order valence-corrected chi connectivity index (χ0v) is 15.2. The molecule has 0 bridgehead atoms. The molecule has 0 spiro atoms. The summed E-state index contributed by atoms with van der Waals surface area (Å²) in [5.41, 5.74) is 1.79. The molecule has 1 aromatic heterocycles. The van der Waals surface area contributed by atoms with E-state index in [1.54, 1.807) is 4.90 Å². The fraction of sp³-hybridized carbons (Fsp3) is 0.474. The molecule has 1 aliphatic heterocycles. The summed E-state index contributed by atoms with van der Waals surface area (Å²) in [4.78, 5) is 28.9. The first kappa shape index (κ1) is 17.3. The van der Waals surface area contributed by atoms with Gasteiger partial charge in [-0.15, -0.1) is 0 Å². The molecule has 0 atom stereocenters. The molecule has 134 valence electrons. The molecule has 3 rings (SSSR count). The van der Waals surface area contributed by atoms with Crippen LogP contribution in [0.2, 0.25) is 0 Å². The highest BCUT2D eigenvalue weighted by Crippen LogP contribution is 2.22. The number of aryl methyl sites for hydroxylation is 1. The number of hydrogen-bond acceptors (Lipinski definition) is 2. The van der Waals surface area contributed by atoms with E-state index in [4.69, 9.17) is 0 Å². The number of nitrogens with zero attached hydrogens (tertiary/aromatic N) is 3. The van der Waals surface area contributed by atoms with Crippen LogP contribution in [0, 0.1) is 0 Å². The van der Waals surface area contributed by atoms with Crippen molar-refractivity contribution in [3.05, 3.63) is 36.0 Å². The van der Waals surface area contributed by atoms with E-state index in [-0.39, 0.29) is 18.0 Å². The summed E-state index contributed by atoms with van der Waals surface area (Å²) in [5, 5.41) is 3.90. The Morgan fingerprint density at radius 2 is 1.72 bits per heavy atom. The van der Waals surface area contributed by atoms with Gasteiger partial charge in [0.1, 0.15) is 0 Å². The summed E-state index contributed by atoms with van der Waals surface area (Å²) < 4.78 is 1.99. The van der Waals surface area contributed by atoms with Gasteiger partial charge >= 0.3 is 6.03 Å². The molecule has 0 saturated carbocycles. The zero-order valence-electron chi connectivity index (χ0n) is 15.2. The molecule has 1 saturated heterocycles. The fourth-order valence-electron chi connectivity index (χ4n) is 3.34. The van der Waals surface area contributed by atoms with Crippen LogP contribution in [0.3, 0.4) is 0 Å².